The molecule has 7 heteroatoms. The lowest BCUT2D eigenvalue weighted by molar-refractivity contribution is 0.0925. The Kier molecular flexibility index (Phi) is 4.44. The Morgan fingerprint density at radius 1 is 1.27 bits per heavy atom. The molecule has 22 heavy (non-hydrogen) atoms. The Morgan fingerprint density at radius 3 is 2.64 bits per heavy atom. The summed E-state index contributed by atoms with van der Waals surface area (Å²) in [4.78, 5) is 16.2. The fourth-order valence-electron chi connectivity index (χ4n) is 2.42. The van der Waals surface area contributed by atoms with Gasteiger partial charge >= 0.3 is 0 Å². The molecule has 1 aliphatic heterocycles. The maximum atomic E-state index is 13.7. The van der Waals surface area contributed by atoms with Gasteiger partial charge in [-0.2, -0.15) is 0 Å². The smallest absolute Gasteiger partial charge is 0.270 e. The van der Waals surface area contributed by atoms with Crippen LogP contribution >= 0.6 is 11.3 Å². The van der Waals surface area contributed by atoms with E-state index < -0.39 is 11.6 Å². The lowest BCUT2D eigenvalue weighted by Gasteiger charge is -2.23. The normalized spacial score (nSPS) is 15.7. The van der Waals surface area contributed by atoms with Crippen LogP contribution in [0.4, 0.5) is 8.78 Å². The predicted octanol–water partition coefficient (Wildman–Crippen LogP) is 2.57. The van der Waals surface area contributed by atoms with Gasteiger partial charge < -0.3 is 10.6 Å². The zero-order valence-electron chi connectivity index (χ0n) is 11.7. The summed E-state index contributed by atoms with van der Waals surface area (Å²) in [5.41, 5.74) is 0.00889. The van der Waals surface area contributed by atoms with Crippen molar-refractivity contribution in [3.05, 3.63) is 40.9 Å². The average Bonchev–Trinajstić information content (AvgIpc) is 2.98. The second-order valence-corrected chi connectivity index (χ2v) is 5.99. The summed E-state index contributed by atoms with van der Waals surface area (Å²) in [6.45, 7) is 1.74. The minimum absolute atomic E-state index is 0.115. The van der Waals surface area contributed by atoms with Crippen LogP contribution in [0.1, 0.15) is 23.3 Å². The number of amides is 1. The Hall–Kier alpha value is -1.86. The van der Waals surface area contributed by atoms with E-state index in [1.54, 1.807) is 0 Å². The van der Waals surface area contributed by atoms with Gasteiger partial charge in [-0.05, 0) is 38.1 Å². The highest BCUT2D eigenvalue weighted by molar-refractivity contribution is 7.13. The summed E-state index contributed by atoms with van der Waals surface area (Å²) in [6.07, 6.45) is 1.73. The Morgan fingerprint density at radius 2 is 1.95 bits per heavy atom. The fourth-order valence-corrected chi connectivity index (χ4v) is 3.27. The zero-order valence-corrected chi connectivity index (χ0v) is 12.6. The molecule has 1 aromatic heterocycles. The first-order valence-electron chi connectivity index (χ1n) is 7.06. The highest BCUT2D eigenvalue weighted by atomic mass is 32.1. The van der Waals surface area contributed by atoms with Crippen molar-refractivity contribution < 1.29 is 13.6 Å². The van der Waals surface area contributed by atoms with E-state index in [9.17, 15) is 13.6 Å². The molecule has 0 spiro atoms. The van der Waals surface area contributed by atoms with E-state index in [1.807, 2.05) is 0 Å². The molecule has 2 N–H and O–H groups in total. The van der Waals surface area contributed by atoms with Crippen LogP contribution < -0.4 is 10.6 Å². The van der Waals surface area contributed by atoms with Gasteiger partial charge in [-0.1, -0.05) is 6.07 Å². The van der Waals surface area contributed by atoms with Crippen LogP contribution in [0.25, 0.3) is 10.6 Å². The second kappa shape index (κ2) is 6.50. The average molecular weight is 323 g/mol. The minimum atomic E-state index is -0.681. The van der Waals surface area contributed by atoms with Gasteiger partial charge in [0.1, 0.15) is 22.3 Å². The first-order valence-corrected chi connectivity index (χ1v) is 7.94. The van der Waals surface area contributed by atoms with Gasteiger partial charge in [0, 0.05) is 11.4 Å². The first kappa shape index (κ1) is 15.1. The van der Waals surface area contributed by atoms with Gasteiger partial charge in [0.2, 0.25) is 0 Å². The highest BCUT2D eigenvalue weighted by Gasteiger charge is 2.20. The summed E-state index contributed by atoms with van der Waals surface area (Å²) in [5, 5.41) is 7.82. The van der Waals surface area contributed by atoms with Gasteiger partial charge in [0.05, 0.1) is 5.56 Å². The van der Waals surface area contributed by atoms with Crippen molar-refractivity contribution in [2.24, 2.45) is 0 Å². The van der Waals surface area contributed by atoms with Gasteiger partial charge in [0.25, 0.3) is 5.91 Å². The molecule has 0 unspecified atom stereocenters. The van der Waals surface area contributed by atoms with Crippen molar-refractivity contribution in [1.82, 2.24) is 15.6 Å². The predicted molar refractivity (Wildman–Crippen MR) is 80.8 cm³/mol. The van der Waals surface area contributed by atoms with Crippen LogP contribution in [-0.2, 0) is 0 Å². The first-order chi connectivity index (χ1) is 10.6. The summed E-state index contributed by atoms with van der Waals surface area (Å²) in [7, 11) is 0. The number of benzene rings is 1. The number of rotatable bonds is 3. The van der Waals surface area contributed by atoms with Crippen LogP contribution in [0.3, 0.4) is 0 Å². The number of nitrogens with one attached hydrogen (secondary N) is 2. The van der Waals surface area contributed by atoms with Crippen LogP contribution in [0.2, 0.25) is 0 Å². The molecular weight excluding hydrogens is 308 g/mol. The van der Waals surface area contributed by atoms with E-state index in [-0.39, 0.29) is 28.2 Å². The third-order valence-electron chi connectivity index (χ3n) is 3.59. The third kappa shape index (κ3) is 3.15. The Balaban J connectivity index is 1.77. The molecule has 1 aliphatic rings. The Bertz CT molecular complexity index is 663. The molecule has 2 heterocycles. The molecule has 2 aromatic rings. The molecule has 0 radical (unpaired) electrons. The SMILES string of the molecule is O=C(NC1CCNCC1)c1csc(-c2c(F)cccc2F)n1. The second-order valence-electron chi connectivity index (χ2n) is 5.13. The quantitative estimate of drug-likeness (QED) is 0.913. The number of hydrogen-bond acceptors (Lipinski definition) is 4. The van der Waals surface area contributed by atoms with E-state index in [1.165, 1.54) is 23.6 Å². The van der Waals surface area contributed by atoms with Gasteiger partial charge in [-0.3, -0.25) is 4.79 Å². The van der Waals surface area contributed by atoms with E-state index in [0.717, 1.165) is 37.3 Å². The molecule has 3 rings (SSSR count). The van der Waals surface area contributed by atoms with Gasteiger partial charge in [-0.15, -0.1) is 11.3 Å². The number of carbonyl (C=O) groups is 1. The lowest BCUT2D eigenvalue weighted by atomic mass is 10.1. The molecule has 1 amide bonds. The number of aromatic nitrogens is 1. The standard InChI is InChI=1S/C15H15F2N3OS/c16-10-2-1-3-11(17)13(10)15-20-12(8-22-15)14(21)19-9-4-6-18-7-5-9/h1-3,8-9,18H,4-7H2,(H,19,21). The van der Waals surface area contributed by atoms with Crippen molar-refractivity contribution in [1.29, 1.82) is 0 Å². The van der Waals surface area contributed by atoms with E-state index in [0.29, 0.717) is 0 Å². The molecule has 1 fully saturated rings. The Labute approximate surface area is 130 Å². The van der Waals surface area contributed by atoms with E-state index in [2.05, 4.69) is 15.6 Å². The van der Waals surface area contributed by atoms with E-state index in [4.69, 9.17) is 0 Å². The summed E-state index contributed by atoms with van der Waals surface area (Å²) >= 11 is 1.06. The molecule has 116 valence electrons. The lowest BCUT2D eigenvalue weighted by Crippen LogP contribution is -2.42. The number of nitrogens with zero attached hydrogens (tertiary/aromatic N) is 1. The van der Waals surface area contributed by atoms with Crippen molar-refractivity contribution in [3.63, 3.8) is 0 Å². The molecule has 0 atom stereocenters. The van der Waals surface area contributed by atoms with Gasteiger partial charge in [0.15, 0.2) is 0 Å². The van der Waals surface area contributed by atoms with E-state index >= 15 is 0 Å². The van der Waals surface area contributed by atoms with Crippen molar-refractivity contribution in [3.8, 4) is 10.6 Å². The fraction of sp³-hybridized carbons (Fsp3) is 0.333. The maximum Gasteiger partial charge on any atom is 0.270 e. The molecule has 4 nitrogen and oxygen atoms in total. The molecule has 1 saturated heterocycles. The molecule has 0 aliphatic carbocycles. The number of piperidine rings is 1. The van der Waals surface area contributed by atoms with Crippen molar-refractivity contribution in [2.75, 3.05) is 13.1 Å². The van der Waals surface area contributed by atoms with Crippen LogP contribution in [0.5, 0.6) is 0 Å². The number of hydrogen-bond donors (Lipinski definition) is 2. The highest BCUT2D eigenvalue weighted by Crippen LogP contribution is 2.28. The van der Waals surface area contributed by atoms with Crippen molar-refractivity contribution >= 4 is 17.2 Å². The number of carbonyl (C=O) groups excluding carboxylic acids is 1. The summed E-state index contributed by atoms with van der Waals surface area (Å²) in [5.74, 6) is -1.66. The topological polar surface area (TPSA) is 54.0 Å². The maximum absolute atomic E-state index is 13.7. The molecular formula is C15H15F2N3OS. The summed E-state index contributed by atoms with van der Waals surface area (Å²) in [6, 6.07) is 3.76. The van der Waals surface area contributed by atoms with Crippen molar-refractivity contribution in [2.45, 2.75) is 18.9 Å². The monoisotopic (exact) mass is 323 g/mol. The van der Waals surface area contributed by atoms with Crippen LogP contribution in [0, 0.1) is 11.6 Å². The largest absolute Gasteiger partial charge is 0.348 e. The van der Waals surface area contributed by atoms with Crippen LogP contribution in [0.15, 0.2) is 23.6 Å². The number of halogens is 2. The number of thiazole rings is 1. The third-order valence-corrected chi connectivity index (χ3v) is 4.45. The molecule has 0 saturated carbocycles. The minimum Gasteiger partial charge on any atom is -0.348 e. The van der Waals surface area contributed by atoms with Crippen LogP contribution in [-0.4, -0.2) is 30.0 Å². The molecule has 1 aromatic carbocycles. The molecule has 0 bridgehead atoms. The summed E-state index contributed by atoms with van der Waals surface area (Å²) < 4.78 is 27.5. The van der Waals surface area contributed by atoms with Gasteiger partial charge in [-0.25, -0.2) is 13.8 Å². The zero-order chi connectivity index (χ0) is 15.5.